The van der Waals surface area contributed by atoms with Gasteiger partial charge in [-0.15, -0.1) is 0 Å². The van der Waals surface area contributed by atoms with Crippen LogP contribution in [0.5, 0.6) is 0 Å². The van der Waals surface area contributed by atoms with Crippen LogP contribution in [0.4, 0.5) is 0 Å². The van der Waals surface area contributed by atoms with Gasteiger partial charge in [0.1, 0.15) is 0 Å². The number of fused-ring (bicyclic) bond motifs is 5. The van der Waals surface area contributed by atoms with Crippen molar-refractivity contribution in [2.75, 3.05) is 6.61 Å². The molecule has 0 spiro atoms. The molecule has 0 saturated heterocycles. The van der Waals surface area contributed by atoms with Crippen molar-refractivity contribution in [3.05, 3.63) is 0 Å². The van der Waals surface area contributed by atoms with Gasteiger partial charge < -0.3 is 9.84 Å². The number of aliphatic hydroxyl groups excluding tert-OH is 1. The maximum Gasteiger partial charge on any atom is 0.305 e. The molecule has 0 heterocycles. The van der Waals surface area contributed by atoms with Gasteiger partial charge in [-0.3, -0.25) is 4.79 Å². The summed E-state index contributed by atoms with van der Waals surface area (Å²) in [5, 5.41) is 10.4. The van der Waals surface area contributed by atoms with E-state index in [1.807, 2.05) is 6.92 Å². The second-order valence-corrected chi connectivity index (χ2v) is 12.6. The highest BCUT2D eigenvalue weighted by Crippen LogP contribution is 2.70. The van der Waals surface area contributed by atoms with Crippen molar-refractivity contribution < 1.29 is 14.6 Å². The van der Waals surface area contributed by atoms with Gasteiger partial charge in [0.2, 0.25) is 0 Å². The van der Waals surface area contributed by atoms with E-state index in [0.29, 0.717) is 35.7 Å². The van der Waals surface area contributed by atoms with E-state index in [0.717, 1.165) is 54.8 Å². The zero-order valence-corrected chi connectivity index (χ0v) is 21.0. The van der Waals surface area contributed by atoms with Crippen LogP contribution in [0, 0.1) is 58.2 Å². The van der Waals surface area contributed by atoms with Crippen LogP contribution >= 0.6 is 0 Å². The molecule has 0 aliphatic heterocycles. The zero-order chi connectivity index (χ0) is 22.6. The van der Waals surface area contributed by atoms with Gasteiger partial charge in [0, 0.05) is 6.42 Å². The van der Waals surface area contributed by atoms with E-state index in [-0.39, 0.29) is 12.1 Å². The molecule has 3 heteroatoms. The minimum absolute atomic E-state index is 0.0230. The summed E-state index contributed by atoms with van der Waals surface area (Å²) in [5.74, 6) is 6.03. The van der Waals surface area contributed by atoms with Crippen molar-refractivity contribution in [2.45, 2.75) is 105 Å². The molecule has 1 N–H and O–H groups in total. The fraction of sp³-hybridized carbons (Fsp3) is 0.964. The average Bonchev–Trinajstić information content (AvgIpc) is 3.07. The van der Waals surface area contributed by atoms with Crippen LogP contribution < -0.4 is 0 Å². The van der Waals surface area contributed by atoms with Gasteiger partial charge in [-0.1, -0.05) is 34.6 Å². The standard InChI is InChI=1S/C28H48O3/c1-7-31-25(30)11-8-17(2)22-9-10-23-26-18(3)14-20-16-21(29)12-13-27(20,5)24(26)15-19(4)28(22,23)6/h17-24,26,29H,7-16H2,1-6H3. The largest absolute Gasteiger partial charge is 0.466 e. The predicted octanol–water partition coefficient (Wildman–Crippen LogP) is 6.48. The molecule has 0 aromatic rings. The third kappa shape index (κ3) is 3.79. The lowest BCUT2D eigenvalue weighted by Gasteiger charge is -2.64. The van der Waals surface area contributed by atoms with Gasteiger partial charge in [0.15, 0.2) is 0 Å². The van der Waals surface area contributed by atoms with E-state index in [1.54, 1.807) is 0 Å². The van der Waals surface area contributed by atoms with E-state index < -0.39 is 0 Å². The number of ether oxygens (including phenoxy) is 1. The Labute approximate surface area is 191 Å². The Bertz CT molecular complexity index is 661. The third-order valence-electron chi connectivity index (χ3n) is 11.4. The fourth-order valence-corrected chi connectivity index (χ4v) is 9.70. The summed E-state index contributed by atoms with van der Waals surface area (Å²) in [4.78, 5) is 12.0. The summed E-state index contributed by atoms with van der Waals surface area (Å²) in [5.41, 5.74) is 0.834. The van der Waals surface area contributed by atoms with Crippen molar-refractivity contribution in [3.63, 3.8) is 0 Å². The summed E-state index contributed by atoms with van der Waals surface area (Å²) in [6.07, 6.45) is 10.2. The lowest BCUT2D eigenvalue weighted by atomic mass is 9.40. The molecule has 0 radical (unpaired) electrons. The van der Waals surface area contributed by atoms with Crippen molar-refractivity contribution in [2.24, 2.45) is 58.2 Å². The minimum atomic E-state index is -0.0655. The highest BCUT2D eigenvalue weighted by molar-refractivity contribution is 5.69. The van der Waals surface area contributed by atoms with Crippen LogP contribution in [0.2, 0.25) is 0 Å². The summed E-state index contributed by atoms with van der Waals surface area (Å²) < 4.78 is 5.20. The Morgan fingerprint density at radius 3 is 2.55 bits per heavy atom. The second-order valence-electron chi connectivity index (χ2n) is 12.6. The van der Waals surface area contributed by atoms with Gasteiger partial charge in [0.25, 0.3) is 0 Å². The maximum absolute atomic E-state index is 12.0. The van der Waals surface area contributed by atoms with Crippen LogP contribution in [-0.4, -0.2) is 23.8 Å². The predicted molar refractivity (Wildman–Crippen MR) is 125 cm³/mol. The zero-order valence-electron chi connectivity index (χ0n) is 21.0. The molecule has 3 nitrogen and oxygen atoms in total. The van der Waals surface area contributed by atoms with Gasteiger partial charge in [0.05, 0.1) is 12.7 Å². The van der Waals surface area contributed by atoms with Gasteiger partial charge in [-0.25, -0.2) is 0 Å². The maximum atomic E-state index is 12.0. The van der Waals surface area contributed by atoms with Crippen LogP contribution in [0.3, 0.4) is 0 Å². The molecule has 4 saturated carbocycles. The van der Waals surface area contributed by atoms with Crippen molar-refractivity contribution in [3.8, 4) is 0 Å². The number of carbonyl (C=O) groups is 1. The van der Waals surface area contributed by atoms with E-state index >= 15 is 0 Å². The Morgan fingerprint density at radius 1 is 1.10 bits per heavy atom. The molecule has 11 atom stereocenters. The third-order valence-corrected chi connectivity index (χ3v) is 11.4. The highest BCUT2D eigenvalue weighted by atomic mass is 16.5. The molecule has 11 unspecified atom stereocenters. The number of hydrogen-bond acceptors (Lipinski definition) is 3. The monoisotopic (exact) mass is 432 g/mol. The highest BCUT2D eigenvalue weighted by Gasteiger charge is 2.64. The quantitative estimate of drug-likeness (QED) is 0.506. The Balaban J connectivity index is 1.54. The van der Waals surface area contributed by atoms with Crippen LogP contribution in [-0.2, 0) is 9.53 Å². The smallest absolute Gasteiger partial charge is 0.305 e. The molecule has 178 valence electrons. The van der Waals surface area contributed by atoms with Gasteiger partial charge in [-0.2, -0.15) is 0 Å². The topological polar surface area (TPSA) is 46.5 Å². The van der Waals surface area contributed by atoms with Crippen molar-refractivity contribution in [1.29, 1.82) is 0 Å². The SMILES string of the molecule is CCOC(=O)CCC(C)C1CCC2C3C(C)CC4CC(O)CCC4(C)C3CC(C)C12C. The number of rotatable bonds is 5. The molecule has 4 aliphatic rings. The number of carbonyl (C=O) groups excluding carboxylic acids is 1. The van der Waals surface area contributed by atoms with E-state index in [4.69, 9.17) is 4.74 Å². The molecule has 0 aromatic carbocycles. The van der Waals surface area contributed by atoms with Crippen molar-refractivity contribution in [1.82, 2.24) is 0 Å². The molecule has 4 rings (SSSR count). The van der Waals surface area contributed by atoms with Gasteiger partial charge >= 0.3 is 5.97 Å². The van der Waals surface area contributed by atoms with E-state index in [1.165, 1.54) is 32.1 Å². The summed E-state index contributed by atoms with van der Waals surface area (Å²) in [6, 6.07) is 0. The Kier molecular flexibility index (Phi) is 6.58. The lowest BCUT2D eigenvalue weighted by molar-refractivity contribution is -0.168. The molecule has 4 aliphatic carbocycles. The van der Waals surface area contributed by atoms with E-state index in [2.05, 4.69) is 34.6 Å². The second kappa shape index (κ2) is 8.65. The first-order valence-corrected chi connectivity index (χ1v) is 13.5. The fourth-order valence-electron chi connectivity index (χ4n) is 9.70. The van der Waals surface area contributed by atoms with Crippen molar-refractivity contribution >= 4 is 5.97 Å². The van der Waals surface area contributed by atoms with Crippen LogP contribution in [0.15, 0.2) is 0 Å². The lowest BCUT2D eigenvalue weighted by Crippen LogP contribution is -2.58. The van der Waals surface area contributed by atoms with E-state index in [9.17, 15) is 9.90 Å². The molecular weight excluding hydrogens is 384 g/mol. The summed E-state index contributed by atoms with van der Waals surface area (Å²) in [6.45, 7) is 15.1. The normalized spacial score (nSPS) is 50.2. The number of aliphatic hydroxyl groups is 1. The number of esters is 1. The van der Waals surface area contributed by atoms with Gasteiger partial charge in [-0.05, 0) is 116 Å². The molecular formula is C28H48O3. The first kappa shape index (κ1) is 23.6. The molecule has 31 heavy (non-hydrogen) atoms. The Morgan fingerprint density at radius 2 is 1.84 bits per heavy atom. The molecule has 0 bridgehead atoms. The summed E-state index contributed by atoms with van der Waals surface area (Å²) in [7, 11) is 0. The first-order chi connectivity index (χ1) is 14.6. The first-order valence-electron chi connectivity index (χ1n) is 13.5. The summed E-state index contributed by atoms with van der Waals surface area (Å²) >= 11 is 0. The van der Waals surface area contributed by atoms with Crippen LogP contribution in [0.25, 0.3) is 0 Å². The minimum Gasteiger partial charge on any atom is -0.466 e. The molecule has 0 amide bonds. The Hall–Kier alpha value is -0.570. The number of hydrogen-bond donors (Lipinski definition) is 1. The molecule has 4 fully saturated rings. The molecule has 0 aromatic heterocycles. The average molecular weight is 433 g/mol. The van der Waals surface area contributed by atoms with Crippen LogP contribution in [0.1, 0.15) is 99.3 Å².